The zero-order valence-electron chi connectivity index (χ0n) is 11.7. The molecule has 1 aromatic rings. The van der Waals surface area contributed by atoms with Crippen LogP contribution in [0.25, 0.3) is 0 Å². The summed E-state index contributed by atoms with van der Waals surface area (Å²) in [5.74, 6) is 0.0907. The third kappa shape index (κ3) is 3.33. The van der Waals surface area contributed by atoms with E-state index in [1.165, 1.54) is 11.1 Å². The Labute approximate surface area is 114 Å². The average Bonchev–Trinajstić information content (AvgIpc) is 2.47. The van der Waals surface area contributed by atoms with E-state index < -0.39 is 0 Å². The van der Waals surface area contributed by atoms with Gasteiger partial charge in [-0.2, -0.15) is 0 Å². The number of ether oxygens (including phenoxy) is 1. The minimum Gasteiger partial charge on any atom is -0.383 e. The van der Waals surface area contributed by atoms with E-state index in [-0.39, 0.29) is 5.91 Å². The van der Waals surface area contributed by atoms with Crippen LogP contribution in [0, 0.1) is 0 Å². The molecule has 0 aliphatic carbocycles. The van der Waals surface area contributed by atoms with Gasteiger partial charge in [-0.15, -0.1) is 0 Å². The number of fused-ring (bicyclic) bond motifs is 1. The van der Waals surface area contributed by atoms with Crippen molar-refractivity contribution >= 4 is 5.91 Å². The highest BCUT2D eigenvalue weighted by Crippen LogP contribution is 2.17. The van der Waals surface area contributed by atoms with Gasteiger partial charge in [0.25, 0.3) is 5.91 Å². The van der Waals surface area contributed by atoms with Crippen LogP contribution in [0.5, 0.6) is 0 Å². The Kier molecular flexibility index (Phi) is 4.93. The van der Waals surface area contributed by atoms with Crippen LogP contribution < -0.4 is 5.32 Å². The molecule has 2 rings (SSSR count). The molecule has 1 heterocycles. The minimum atomic E-state index is 0.0907. The van der Waals surface area contributed by atoms with Gasteiger partial charge in [0.2, 0.25) is 0 Å². The second kappa shape index (κ2) is 6.68. The monoisotopic (exact) mass is 262 g/mol. The van der Waals surface area contributed by atoms with Gasteiger partial charge in [-0.05, 0) is 43.1 Å². The van der Waals surface area contributed by atoms with Gasteiger partial charge in [-0.25, -0.2) is 0 Å². The third-order valence-corrected chi connectivity index (χ3v) is 3.57. The van der Waals surface area contributed by atoms with E-state index in [9.17, 15) is 4.79 Å². The first kappa shape index (κ1) is 14.0. The normalized spacial score (nSPS) is 14.0. The standard InChI is InChI=1S/C15H22N2O2/c1-3-17(8-9-19-2)15(18)13-5-4-12-6-7-16-11-14(12)10-13/h4-5,10,16H,3,6-9,11H2,1-2H3. The maximum absolute atomic E-state index is 12.4. The van der Waals surface area contributed by atoms with Crippen LogP contribution >= 0.6 is 0 Å². The zero-order chi connectivity index (χ0) is 13.7. The first-order valence-corrected chi connectivity index (χ1v) is 6.87. The van der Waals surface area contributed by atoms with Gasteiger partial charge in [-0.3, -0.25) is 4.79 Å². The summed E-state index contributed by atoms with van der Waals surface area (Å²) in [5, 5.41) is 3.34. The molecule has 0 atom stereocenters. The molecule has 0 fully saturated rings. The molecule has 1 aromatic carbocycles. The molecule has 1 aliphatic rings. The Balaban J connectivity index is 2.13. The van der Waals surface area contributed by atoms with Crippen molar-refractivity contribution in [1.82, 2.24) is 10.2 Å². The van der Waals surface area contributed by atoms with E-state index in [4.69, 9.17) is 4.74 Å². The number of rotatable bonds is 5. The van der Waals surface area contributed by atoms with Gasteiger partial charge in [0.15, 0.2) is 0 Å². The van der Waals surface area contributed by atoms with Crippen molar-refractivity contribution in [2.24, 2.45) is 0 Å². The van der Waals surface area contributed by atoms with Gasteiger partial charge in [0.05, 0.1) is 6.61 Å². The molecule has 0 radical (unpaired) electrons. The van der Waals surface area contributed by atoms with E-state index in [1.54, 1.807) is 7.11 Å². The lowest BCUT2D eigenvalue weighted by Gasteiger charge is -2.22. The third-order valence-electron chi connectivity index (χ3n) is 3.57. The van der Waals surface area contributed by atoms with E-state index in [2.05, 4.69) is 11.4 Å². The van der Waals surface area contributed by atoms with Gasteiger partial charge in [-0.1, -0.05) is 6.07 Å². The van der Waals surface area contributed by atoms with Crippen molar-refractivity contribution in [3.05, 3.63) is 34.9 Å². The van der Waals surface area contributed by atoms with Crippen LogP contribution in [0.1, 0.15) is 28.4 Å². The molecule has 0 aromatic heterocycles. The Morgan fingerprint density at radius 2 is 2.26 bits per heavy atom. The van der Waals surface area contributed by atoms with Crippen molar-refractivity contribution in [1.29, 1.82) is 0 Å². The molecule has 0 spiro atoms. The molecule has 1 aliphatic heterocycles. The molecular weight excluding hydrogens is 240 g/mol. The SMILES string of the molecule is CCN(CCOC)C(=O)c1ccc2c(c1)CNCC2. The van der Waals surface area contributed by atoms with E-state index in [0.29, 0.717) is 19.7 Å². The van der Waals surface area contributed by atoms with Crippen molar-refractivity contribution in [2.75, 3.05) is 33.4 Å². The molecule has 0 saturated heterocycles. The Bertz CT molecular complexity index is 446. The number of methoxy groups -OCH3 is 1. The predicted octanol–water partition coefficient (Wildman–Crippen LogP) is 1.44. The summed E-state index contributed by atoms with van der Waals surface area (Å²) in [6.45, 7) is 5.80. The van der Waals surface area contributed by atoms with Crippen LogP contribution in [0.15, 0.2) is 18.2 Å². The summed E-state index contributed by atoms with van der Waals surface area (Å²) in [7, 11) is 1.66. The molecule has 4 heteroatoms. The number of amides is 1. The quantitative estimate of drug-likeness (QED) is 0.873. The number of nitrogens with zero attached hydrogens (tertiary/aromatic N) is 1. The Morgan fingerprint density at radius 1 is 1.42 bits per heavy atom. The maximum atomic E-state index is 12.4. The molecular formula is C15H22N2O2. The van der Waals surface area contributed by atoms with E-state index in [0.717, 1.165) is 25.1 Å². The minimum absolute atomic E-state index is 0.0907. The number of hydrogen-bond donors (Lipinski definition) is 1. The van der Waals surface area contributed by atoms with Gasteiger partial charge < -0.3 is 15.0 Å². The second-order valence-corrected chi connectivity index (χ2v) is 4.79. The Morgan fingerprint density at radius 3 is 3.00 bits per heavy atom. The topological polar surface area (TPSA) is 41.6 Å². The molecule has 0 unspecified atom stereocenters. The molecule has 104 valence electrons. The highest BCUT2D eigenvalue weighted by molar-refractivity contribution is 5.94. The second-order valence-electron chi connectivity index (χ2n) is 4.79. The average molecular weight is 262 g/mol. The highest BCUT2D eigenvalue weighted by Gasteiger charge is 2.16. The highest BCUT2D eigenvalue weighted by atomic mass is 16.5. The first-order valence-electron chi connectivity index (χ1n) is 6.87. The fourth-order valence-corrected chi connectivity index (χ4v) is 2.40. The number of nitrogens with one attached hydrogen (secondary N) is 1. The first-order chi connectivity index (χ1) is 9.26. The van der Waals surface area contributed by atoms with Crippen molar-refractivity contribution in [3.63, 3.8) is 0 Å². The smallest absolute Gasteiger partial charge is 0.253 e. The van der Waals surface area contributed by atoms with Crippen molar-refractivity contribution < 1.29 is 9.53 Å². The zero-order valence-corrected chi connectivity index (χ0v) is 11.7. The molecule has 0 bridgehead atoms. The van der Waals surface area contributed by atoms with E-state index >= 15 is 0 Å². The maximum Gasteiger partial charge on any atom is 0.253 e. The molecule has 1 N–H and O–H groups in total. The predicted molar refractivity (Wildman–Crippen MR) is 75.3 cm³/mol. The van der Waals surface area contributed by atoms with Crippen molar-refractivity contribution in [2.45, 2.75) is 19.9 Å². The number of carbonyl (C=O) groups is 1. The lowest BCUT2D eigenvalue weighted by atomic mass is 9.98. The van der Waals surface area contributed by atoms with Crippen LogP contribution in [-0.2, 0) is 17.7 Å². The molecule has 0 saturated carbocycles. The lowest BCUT2D eigenvalue weighted by Crippen LogP contribution is -2.34. The number of likely N-dealkylation sites (N-methyl/N-ethyl adjacent to an activating group) is 1. The largest absolute Gasteiger partial charge is 0.383 e. The summed E-state index contributed by atoms with van der Waals surface area (Å²) >= 11 is 0. The fourth-order valence-electron chi connectivity index (χ4n) is 2.40. The lowest BCUT2D eigenvalue weighted by molar-refractivity contribution is 0.0706. The van der Waals surface area contributed by atoms with Gasteiger partial charge >= 0.3 is 0 Å². The summed E-state index contributed by atoms with van der Waals surface area (Å²) < 4.78 is 5.05. The van der Waals surface area contributed by atoms with Gasteiger partial charge in [0.1, 0.15) is 0 Å². The fraction of sp³-hybridized carbons (Fsp3) is 0.533. The Hall–Kier alpha value is -1.39. The summed E-state index contributed by atoms with van der Waals surface area (Å²) in [6.07, 6.45) is 1.05. The summed E-state index contributed by atoms with van der Waals surface area (Å²) in [5.41, 5.74) is 3.38. The van der Waals surface area contributed by atoms with Crippen molar-refractivity contribution in [3.8, 4) is 0 Å². The van der Waals surface area contributed by atoms with Crippen LogP contribution in [0.3, 0.4) is 0 Å². The van der Waals surface area contributed by atoms with E-state index in [1.807, 2.05) is 24.0 Å². The molecule has 19 heavy (non-hydrogen) atoms. The van der Waals surface area contributed by atoms with Gasteiger partial charge in [0, 0.05) is 32.3 Å². The summed E-state index contributed by atoms with van der Waals surface area (Å²) in [4.78, 5) is 14.2. The van der Waals surface area contributed by atoms with Crippen LogP contribution in [-0.4, -0.2) is 44.2 Å². The van der Waals surface area contributed by atoms with Crippen LogP contribution in [0.2, 0.25) is 0 Å². The molecule has 1 amide bonds. The summed E-state index contributed by atoms with van der Waals surface area (Å²) in [6, 6.07) is 6.06. The van der Waals surface area contributed by atoms with Crippen LogP contribution in [0.4, 0.5) is 0 Å². The molecule has 4 nitrogen and oxygen atoms in total. The number of hydrogen-bond acceptors (Lipinski definition) is 3. The number of carbonyl (C=O) groups excluding carboxylic acids is 1. The number of benzene rings is 1.